The number of nitrogens with zero attached hydrogens (tertiary/aromatic N) is 2. The first-order chi connectivity index (χ1) is 11.4. The fourth-order valence-electron chi connectivity index (χ4n) is 2.11. The van der Waals surface area contributed by atoms with Gasteiger partial charge in [0.25, 0.3) is 5.91 Å². The van der Waals surface area contributed by atoms with Gasteiger partial charge < -0.3 is 15.5 Å². The van der Waals surface area contributed by atoms with Gasteiger partial charge in [0.05, 0.1) is 0 Å². The van der Waals surface area contributed by atoms with E-state index in [0.29, 0.717) is 21.4 Å². The molecule has 0 aliphatic rings. The Morgan fingerprint density at radius 3 is 2.50 bits per heavy atom. The molecule has 0 saturated carbocycles. The Kier molecular flexibility index (Phi) is 6.85. The van der Waals surface area contributed by atoms with E-state index < -0.39 is 0 Å². The molecule has 1 aromatic carbocycles. The van der Waals surface area contributed by atoms with E-state index in [-0.39, 0.29) is 5.91 Å². The SMILES string of the molecule is CN(C)CCCNc1ccnc(C(=O)Nc2cc(Cl)cc(Cl)c2)c1. The van der Waals surface area contributed by atoms with Gasteiger partial charge in [-0.2, -0.15) is 0 Å². The van der Waals surface area contributed by atoms with Crippen molar-refractivity contribution in [3.05, 3.63) is 52.3 Å². The van der Waals surface area contributed by atoms with Gasteiger partial charge in [0.1, 0.15) is 5.69 Å². The van der Waals surface area contributed by atoms with Gasteiger partial charge in [0.2, 0.25) is 0 Å². The molecule has 2 aromatic rings. The average molecular weight is 367 g/mol. The topological polar surface area (TPSA) is 57.3 Å². The van der Waals surface area contributed by atoms with Crippen molar-refractivity contribution in [2.45, 2.75) is 6.42 Å². The molecule has 0 aliphatic carbocycles. The Morgan fingerprint density at radius 2 is 1.83 bits per heavy atom. The van der Waals surface area contributed by atoms with Gasteiger partial charge in [-0.05, 0) is 57.4 Å². The summed E-state index contributed by atoms with van der Waals surface area (Å²) in [4.78, 5) is 18.6. The molecule has 0 saturated heterocycles. The Morgan fingerprint density at radius 1 is 1.12 bits per heavy atom. The van der Waals surface area contributed by atoms with Gasteiger partial charge in [0, 0.05) is 34.2 Å². The summed E-state index contributed by atoms with van der Waals surface area (Å²) in [7, 11) is 4.08. The Balaban J connectivity index is 1.98. The number of anilines is 2. The molecule has 1 aromatic heterocycles. The first-order valence-corrected chi connectivity index (χ1v) is 8.32. The van der Waals surface area contributed by atoms with E-state index in [9.17, 15) is 4.79 Å². The standard InChI is InChI=1S/C17H20Cl2N4O/c1-23(2)7-3-5-20-14-4-6-21-16(11-14)17(24)22-15-9-12(18)8-13(19)10-15/h4,6,8-11H,3,5,7H2,1-2H3,(H,20,21)(H,22,24). The second kappa shape index (κ2) is 8.87. The summed E-state index contributed by atoms with van der Waals surface area (Å²) < 4.78 is 0. The van der Waals surface area contributed by atoms with E-state index in [2.05, 4.69) is 20.5 Å². The van der Waals surface area contributed by atoms with Crippen molar-refractivity contribution in [2.75, 3.05) is 37.8 Å². The third kappa shape index (κ3) is 6.00. The molecule has 0 radical (unpaired) electrons. The molecule has 1 amide bonds. The minimum atomic E-state index is -0.315. The van der Waals surface area contributed by atoms with Crippen molar-refractivity contribution in [3.63, 3.8) is 0 Å². The van der Waals surface area contributed by atoms with Crippen LogP contribution in [0.25, 0.3) is 0 Å². The number of carbonyl (C=O) groups is 1. The zero-order valence-electron chi connectivity index (χ0n) is 13.6. The maximum atomic E-state index is 12.3. The van der Waals surface area contributed by atoms with Gasteiger partial charge in [-0.25, -0.2) is 0 Å². The van der Waals surface area contributed by atoms with Crippen LogP contribution in [0.5, 0.6) is 0 Å². The number of pyridine rings is 1. The van der Waals surface area contributed by atoms with Gasteiger partial charge in [-0.15, -0.1) is 0 Å². The zero-order chi connectivity index (χ0) is 17.5. The smallest absolute Gasteiger partial charge is 0.274 e. The highest BCUT2D eigenvalue weighted by atomic mass is 35.5. The molecule has 0 fully saturated rings. The van der Waals surface area contributed by atoms with Crippen LogP contribution < -0.4 is 10.6 Å². The van der Waals surface area contributed by atoms with E-state index in [1.807, 2.05) is 20.2 Å². The van der Waals surface area contributed by atoms with Crippen LogP contribution in [-0.2, 0) is 0 Å². The van der Waals surface area contributed by atoms with Crippen LogP contribution in [0, 0.1) is 0 Å². The largest absolute Gasteiger partial charge is 0.385 e. The van der Waals surface area contributed by atoms with Crippen molar-refractivity contribution in [2.24, 2.45) is 0 Å². The number of nitrogens with one attached hydrogen (secondary N) is 2. The van der Waals surface area contributed by atoms with Crippen molar-refractivity contribution >= 4 is 40.5 Å². The number of halogens is 2. The monoisotopic (exact) mass is 366 g/mol. The molecule has 128 valence electrons. The summed E-state index contributed by atoms with van der Waals surface area (Å²) in [6.45, 7) is 1.83. The second-order valence-electron chi connectivity index (χ2n) is 5.63. The molecule has 0 aliphatic heterocycles. The lowest BCUT2D eigenvalue weighted by Crippen LogP contribution is -2.17. The third-order valence-electron chi connectivity index (χ3n) is 3.22. The number of benzene rings is 1. The van der Waals surface area contributed by atoms with E-state index in [1.165, 1.54) is 0 Å². The first-order valence-electron chi connectivity index (χ1n) is 7.56. The van der Waals surface area contributed by atoms with Crippen molar-refractivity contribution in [3.8, 4) is 0 Å². The van der Waals surface area contributed by atoms with Crippen LogP contribution >= 0.6 is 23.2 Å². The van der Waals surface area contributed by atoms with Crippen LogP contribution in [0.2, 0.25) is 10.0 Å². The summed E-state index contributed by atoms with van der Waals surface area (Å²) in [5.74, 6) is -0.315. The number of carbonyl (C=O) groups excluding carboxylic acids is 1. The summed E-state index contributed by atoms with van der Waals surface area (Å²) in [6.07, 6.45) is 2.62. The Hall–Kier alpha value is -1.82. The highest BCUT2D eigenvalue weighted by molar-refractivity contribution is 6.35. The molecular weight excluding hydrogens is 347 g/mol. The third-order valence-corrected chi connectivity index (χ3v) is 3.66. The van der Waals surface area contributed by atoms with E-state index in [1.54, 1.807) is 30.5 Å². The summed E-state index contributed by atoms with van der Waals surface area (Å²) in [5, 5.41) is 6.95. The number of amides is 1. The fraction of sp³-hybridized carbons (Fsp3) is 0.294. The molecule has 1 heterocycles. The highest BCUT2D eigenvalue weighted by Gasteiger charge is 2.09. The number of hydrogen-bond donors (Lipinski definition) is 2. The lowest BCUT2D eigenvalue weighted by Gasteiger charge is -2.11. The maximum Gasteiger partial charge on any atom is 0.274 e. The number of aromatic nitrogens is 1. The highest BCUT2D eigenvalue weighted by Crippen LogP contribution is 2.23. The van der Waals surface area contributed by atoms with Crippen LogP contribution in [0.1, 0.15) is 16.9 Å². The molecule has 0 spiro atoms. The average Bonchev–Trinajstić information content (AvgIpc) is 2.50. The van der Waals surface area contributed by atoms with Crippen molar-refractivity contribution in [1.82, 2.24) is 9.88 Å². The molecule has 7 heteroatoms. The van der Waals surface area contributed by atoms with Gasteiger partial charge in [-0.3, -0.25) is 9.78 Å². The van der Waals surface area contributed by atoms with Gasteiger partial charge >= 0.3 is 0 Å². The first kappa shape index (κ1) is 18.5. The zero-order valence-corrected chi connectivity index (χ0v) is 15.2. The fourth-order valence-corrected chi connectivity index (χ4v) is 2.64. The number of rotatable bonds is 7. The lowest BCUT2D eigenvalue weighted by atomic mass is 10.2. The molecule has 24 heavy (non-hydrogen) atoms. The molecule has 0 atom stereocenters. The summed E-state index contributed by atoms with van der Waals surface area (Å²) in [5.41, 5.74) is 1.71. The van der Waals surface area contributed by atoms with E-state index >= 15 is 0 Å². The summed E-state index contributed by atoms with van der Waals surface area (Å²) in [6, 6.07) is 8.43. The van der Waals surface area contributed by atoms with Gasteiger partial charge in [-0.1, -0.05) is 23.2 Å². The molecular formula is C17H20Cl2N4O. The lowest BCUT2D eigenvalue weighted by molar-refractivity contribution is 0.102. The molecule has 0 bridgehead atoms. The quantitative estimate of drug-likeness (QED) is 0.727. The predicted octanol–water partition coefficient (Wildman–Crippen LogP) is 4.00. The van der Waals surface area contributed by atoms with Gasteiger partial charge in [0.15, 0.2) is 0 Å². The molecule has 2 rings (SSSR count). The number of hydrogen-bond acceptors (Lipinski definition) is 4. The predicted molar refractivity (Wildman–Crippen MR) is 100 cm³/mol. The molecule has 5 nitrogen and oxygen atoms in total. The van der Waals surface area contributed by atoms with Crippen molar-refractivity contribution in [1.29, 1.82) is 0 Å². The molecule has 2 N–H and O–H groups in total. The van der Waals surface area contributed by atoms with Crippen LogP contribution in [0.3, 0.4) is 0 Å². The van der Waals surface area contributed by atoms with Crippen LogP contribution in [-0.4, -0.2) is 43.0 Å². The van der Waals surface area contributed by atoms with Crippen LogP contribution in [0.4, 0.5) is 11.4 Å². The minimum Gasteiger partial charge on any atom is -0.385 e. The molecule has 0 unspecified atom stereocenters. The Bertz CT molecular complexity index is 686. The van der Waals surface area contributed by atoms with E-state index in [4.69, 9.17) is 23.2 Å². The summed E-state index contributed by atoms with van der Waals surface area (Å²) >= 11 is 11.9. The van der Waals surface area contributed by atoms with Crippen LogP contribution in [0.15, 0.2) is 36.5 Å². The second-order valence-corrected chi connectivity index (χ2v) is 6.50. The van der Waals surface area contributed by atoms with Crippen molar-refractivity contribution < 1.29 is 4.79 Å². The maximum absolute atomic E-state index is 12.3. The van der Waals surface area contributed by atoms with E-state index in [0.717, 1.165) is 25.2 Å². The minimum absolute atomic E-state index is 0.315. The Labute approximate surface area is 152 Å². The normalized spacial score (nSPS) is 10.7.